The van der Waals surface area contributed by atoms with Gasteiger partial charge in [0.2, 0.25) is 5.91 Å². The quantitative estimate of drug-likeness (QED) is 0.164. The number of carbonyl (C=O) groups excluding carboxylic acids is 3. The zero-order valence-electron chi connectivity index (χ0n) is 31.4. The minimum Gasteiger partial charge on any atom is -0.504 e. The van der Waals surface area contributed by atoms with Crippen molar-refractivity contribution in [2.24, 2.45) is 22.7 Å². The van der Waals surface area contributed by atoms with Crippen LogP contribution < -0.4 is 15.4 Å². The molecule has 0 spiro atoms. The van der Waals surface area contributed by atoms with E-state index in [0.29, 0.717) is 96.1 Å². The first-order valence-electron chi connectivity index (χ1n) is 20.1. The number of fused-ring (bicyclic) bond motifs is 2. The number of phenolic OH excluding ortho intramolecular Hbond substituents is 1. The average Bonchev–Trinajstić information content (AvgIpc) is 3.63. The van der Waals surface area contributed by atoms with Gasteiger partial charge < -0.3 is 40.2 Å². The van der Waals surface area contributed by atoms with Crippen molar-refractivity contribution in [1.82, 2.24) is 10.6 Å². The fraction of sp³-hybridized carbons (Fsp3) is 0.780. The van der Waals surface area contributed by atoms with Crippen LogP contribution in [-0.4, -0.2) is 83.3 Å². The third kappa shape index (κ3) is 8.26. The lowest BCUT2D eigenvalue weighted by atomic mass is 9.66. The third-order valence-electron chi connectivity index (χ3n) is 13.5. The molecule has 0 radical (unpaired) electrons. The molecule has 5 N–H and O–H groups in total. The molecule has 52 heavy (non-hydrogen) atoms. The van der Waals surface area contributed by atoms with Gasteiger partial charge >= 0.3 is 11.9 Å². The maximum atomic E-state index is 14.7. The zero-order chi connectivity index (χ0) is 36.9. The van der Waals surface area contributed by atoms with E-state index >= 15 is 0 Å². The highest BCUT2D eigenvalue weighted by Gasteiger charge is 2.54. The highest BCUT2D eigenvalue weighted by molar-refractivity contribution is 5.90. The molecule has 2 saturated carbocycles. The average molecular weight is 727 g/mol. The molecule has 2 saturated heterocycles. The van der Waals surface area contributed by atoms with Gasteiger partial charge in [0.05, 0.1) is 12.7 Å². The Morgan fingerprint density at radius 2 is 1.75 bits per heavy atom. The highest BCUT2D eigenvalue weighted by atomic mass is 16.6. The predicted octanol–water partition coefficient (Wildman–Crippen LogP) is 5.03. The van der Waals surface area contributed by atoms with Gasteiger partial charge in [-0.05, 0) is 120 Å². The van der Waals surface area contributed by atoms with Crippen molar-refractivity contribution in [1.29, 1.82) is 0 Å². The first-order valence-corrected chi connectivity index (χ1v) is 20.1. The lowest BCUT2D eigenvalue weighted by Gasteiger charge is -2.49. The van der Waals surface area contributed by atoms with Crippen molar-refractivity contribution in [2.75, 3.05) is 26.3 Å². The minimum atomic E-state index is -1.07. The number of ether oxygens (including phenoxy) is 3. The summed E-state index contributed by atoms with van der Waals surface area (Å²) in [4.78, 5) is 40.1. The normalized spacial score (nSPS) is 28.3. The van der Waals surface area contributed by atoms with Crippen LogP contribution in [0.25, 0.3) is 0 Å². The molecule has 1 aromatic rings. The number of aromatic hydroxyl groups is 1. The first-order chi connectivity index (χ1) is 25.0. The largest absolute Gasteiger partial charge is 0.504 e. The smallest absolute Gasteiger partial charge is 0.332 e. The Bertz CT molecular complexity index is 1420. The second kappa shape index (κ2) is 16.6. The van der Waals surface area contributed by atoms with Crippen molar-refractivity contribution >= 4 is 17.8 Å². The molecule has 11 heteroatoms. The van der Waals surface area contributed by atoms with Gasteiger partial charge in [-0.1, -0.05) is 31.7 Å². The van der Waals surface area contributed by atoms with E-state index in [0.717, 1.165) is 56.1 Å². The predicted molar refractivity (Wildman–Crippen MR) is 195 cm³/mol. The van der Waals surface area contributed by atoms with Gasteiger partial charge in [0.15, 0.2) is 11.5 Å². The summed E-state index contributed by atoms with van der Waals surface area (Å²) in [5.41, 5.74) is 0.168. The highest BCUT2D eigenvalue weighted by Crippen LogP contribution is 2.51. The molecular weight excluding hydrogens is 664 g/mol. The van der Waals surface area contributed by atoms with Gasteiger partial charge in [0.25, 0.3) is 0 Å². The summed E-state index contributed by atoms with van der Waals surface area (Å²) in [7, 11) is 0. The number of piperidine rings is 2. The Labute approximate surface area is 308 Å². The molecule has 290 valence electrons. The molecule has 3 heterocycles. The van der Waals surface area contributed by atoms with Crippen LogP contribution in [0.2, 0.25) is 0 Å². The van der Waals surface area contributed by atoms with Crippen molar-refractivity contribution in [3.63, 3.8) is 0 Å². The van der Waals surface area contributed by atoms with E-state index in [4.69, 9.17) is 14.2 Å². The SMILES string of the molecule is CC(=O)OC(CCCC(C)O)CC(OC(=O)C12CCCCC1CCC(=O)N2)C1(Cc2ccc(O)c3c2CC(C2(CO)CCCC2)CO3)CCNCC1. The Hall–Kier alpha value is -2.89. The van der Waals surface area contributed by atoms with E-state index in [1.165, 1.54) is 6.92 Å². The summed E-state index contributed by atoms with van der Waals surface area (Å²) < 4.78 is 19.1. The van der Waals surface area contributed by atoms with Crippen LogP contribution in [0.3, 0.4) is 0 Å². The van der Waals surface area contributed by atoms with E-state index in [1.807, 2.05) is 6.07 Å². The van der Waals surface area contributed by atoms with Gasteiger partial charge in [0, 0.05) is 43.3 Å². The summed E-state index contributed by atoms with van der Waals surface area (Å²) >= 11 is 0. The molecule has 0 bridgehead atoms. The Morgan fingerprint density at radius 1 is 1.00 bits per heavy atom. The van der Waals surface area contributed by atoms with Gasteiger partial charge in [0.1, 0.15) is 17.7 Å². The molecule has 1 aromatic carbocycles. The van der Waals surface area contributed by atoms with Crippen LogP contribution in [0, 0.1) is 22.7 Å². The summed E-state index contributed by atoms with van der Waals surface area (Å²) in [6, 6.07) is 3.68. The van der Waals surface area contributed by atoms with E-state index in [9.17, 15) is 29.7 Å². The number of rotatable bonds is 14. The number of phenols is 1. The van der Waals surface area contributed by atoms with Gasteiger partial charge in [-0.25, -0.2) is 4.79 Å². The Balaban J connectivity index is 1.37. The number of hydrogen-bond donors (Lipinski definition) is 5. The van der Waals surface area contributed by atoms with Gasteiger partial charge in [-0.15, -0.1) is 0 Å². The van der Waals surface area contributed by atoms with E-state index in [2.05, 4.69) is 10.6 Å². The van der Waals surface area contributed by atoms with Crippen molar-refractivity contribution in [2.45, 2.75) is 153 Å². The maximum Gasteiger partial charge on any atom is 0.332 e. The molecule has 6 unspecified atom stereocenters. The summed E-state index contributed by atoms with van der Waals surface area (Å²) in [6.45, 7) is 5.14. The molecule has 0 aromatic heterocycles. The maximum absolute atomic E-state index is 14.7. The number of aliphatic hydroxyl groups is 2. The second-order valence-electron chi connectivity index (χ2n) is 16.9. The standard InChI is InChI=1S/C41H62N2O9/c1-27(45)8-7-10-32(51-28(2)46)23-35(52-38(49)41-17-4-3-9-30(41)12-14-36(48)43-41)39(18-20-42-21-19-39)24-29-11-13-34(47)37-33(29)22-31(25-50-37)40(26-44)15-5-6-16-40/h11,13,27,30-32,35,42,44-45,47H,3-10,12,14-26H2,1-2H3,(H,43,48). The third-order valence-corrected chi connectivity index (χ3v) is 13.5. The van der Waals surface area contributed by atoms with E-state index < -0.39 is 35.2 Å². The van der Waals surface area contributed by atoms with E-state index in [-0.39, 0.29) is 41.5 Å². The topological polar surface area (TPSA) is 164 Å². The van der Waals surface area contributed by atoms with Crippen molar-refractivity contribution in [3.8, 4) is 11.5 Å². The molecule has 11 nitrogen and oxygen atoms in total. The van der Waals surface area contributed by atoms with Gasteiger partial charge in [-0.3, -0.25) is 9.59 Å². The lowest BCUT2D eigenvalue weighted by Crippen LogP contribution is -2.65. The fourth-order valence-electron chi connectivity index (χ4n) is 10.5. The molecule has 2 aliphatic carbocycles. The van der Waals surface area contributed by atoms with Crippen LogP contribution in [-0.2, 0) is 36.7 Å². The molecular formula is C41H62N2O9. The lowest BCUT2D eigenvalue weighted by molar-refractivity contribution is -0.178. The van der Waals surface area contributed by atoms with Crippen LogP contribution in [0.5, 0.6) is 11.5 Å². The Kier molecular flexibility index (Phi) is 12.4. The van der Waals surface area contributed by atoms with E-state index in [1.54, 1.807) is 13.0 Å². The molecule has 1 amide bonds. The van der Waals surface area contributed by atoms with Crippen LogP contribution in [0.1, 0.15) is 128 Å². The first kappa shape index (κ1) is 38.8. The van der Waals surface area contributed by atoms with Crippen LogP contribution >= 0.6 is 0 Å². The minimum absolute atomic E-state index is 0.0130. The number of carbonyl (C=O) groups is 3. The van der Waals surface area contributed by atoms with Crippen molar-refractivity contribution < 1.29 is 43.9 Å². The Morgan fingerprint density at radius 3 is 2.46 bits per heavy atom. The fourth-order valence-corrected chi connectivity index (χ4v) is 10.5. The molecule has 6 rings (SSSR count). The number of nitrogens with one attached hydrogen (secondary N) is 2. The summed E-state index contributed by atoms with van der Waals surface area (Å²) in [5.74, 6) is -0.176. The number of hydrogen-bond acceptors (Lipinski definition) is 10. The molecule has 4 fully saturated rings. The number of amides is 1. The second-order valence-corrected chi connectivity index (χ2v) is 16.9. The monoisotopic (exact) mass is 726 g/mol. The van der Waals surface area contributed by atoms with Crippen molar-refractivity contribution in [3.05, 3.63) is 23.3 Å². The van der Waals surface area contributed by atoms with Crippen LogP contribution in [0.15, 0.2) is 12.1 Å². The summed E-state index contributed by atoms with van der Waals surface area (Å²) in [5, 5.41) is 38.2. The number of benzene rings is 1. The van der Waals surface area contributed by atoms with Crippen LogP contribution in [0.4, 0.5) is 0 Å². The number of esters is 2. The zero-order valence-corrected chi connectivity index (χ0v) is 31.4. The molecule has 6 atom stereocenters. The molecule has 5 aliphatic rings. The molecule has 3 aliphatic heterocycles. The summed E-state index contributed by atoms with van der Waals surface area (Å²) in [6.07, 6.45) is 11.4. The van der Waals surface area contributed by atoms with Gasteiger partial charge in [-0.2, -0.15) is 0 Å². The number of aliphatic hydroxyl groups excluding tert-OH is 2.